The molecule has 0 unspecified atom stereocenters. The average molecular weight is 349 g/mol. The number of halogens is 1. The molecule has 0 spiro atoms. The summed E-state index contributed by atoms with van der Waals surface area (Å²) in [6.45, 7) is 2.42. The SMILES string of the molecule is CC(=O)N1Cc2ccccc2C[C@H]1C(=O)NCc1ccc(Cl)s1. The smallest absolute Gasteiger partial charge is 0.243 e. The molecule has 1 N–H and O–H groups in total. The minimum Gasteiger partial charge on any atom is -0.349 e. The summed E-state index contributed by atoms with van der Waals surface area (Å²) in [6, 6.07) is 11.2. The van der Waals surface area contributed by atoms with Crippen LogP contribution in [0.1, 0.15) is 22.9 Å². The fourth-order valence-corrected chi connectivity index (χ4v) is 3.85. The molecule has 0 aliphatic carbocycles. The number of thiophene rings is 1. The summed E-state index contributed by atoms with van der Waals surface area (Å²) in [7, 11) is 0. The Balaban J connectivity index is 1.73. The van der Waals surface area contributed by atoms with Gasteiger partial charge in [0.2, 0.25) is 11.8 Å². The van der Waals surface area contributed by atoms with Gasteiger partial charge >= 0.3 is 0 Å². The second kappa shape index (κ2) is 6.72. The summed E-state index contributed by atoms with van der Waals surface area (Å²) in [5.41, 5.74) is 2.24. The van der Waals surface area contributed by atoms with E-state index in [-0.39, 0.29) is 11.8 Å². The molecule has 1 aromatic carbocycles. The first-order valence-electron chi connectivity index (χ1n) is 7.40. The molecule has 1 aliphatic heterocycles. The average Bonchev–Trinajstić information content (AvgIpc) is 2.96. The van der Waals surface area contributed by atoms with Crippen LogP contribution in [-0.4, -0.2) is 22.8 Å². The maximum absolute atomic E-state index is 12.6. The number of rotatable bonds is 3. The Bertz CT molecular complexity index is 744. The first-order valence-corrected chi connectivity index (χ1v) is 8.60. The first-order chi connectivity index (χ1) is 11.0. The van der Waals surface area contributed by atoms with Crippen LogP contribution >= 0.6 is 22.9 Å². The number of fused-ring (bicyclic) bond motifs is 1. The van der Waals surface area contributed by atoms with Gasteiger partial charge in [-0.1, -0.05) is 35.9 Å². The Morgan fingerprint density at radius 2 is 2.00 bits per heavy atom. The number of benzene rings is 1. The summed E-state index contributed by atoms with van der Waals surface area (Å²) < 4.78 is 0.700. The number of hydrogen-bond donors (Lipinski definition) is 1. The van der Waals surface area contributed by atoms with Gasteiger partial charge in [-0.25, -0.2) is 0 Å². The van der Waals surface area contributed by atoms with E-state index in [1.807, 2.05) is 36.4 Å². The van der Waals surface area contributed by atoms with Crippen LogP contribution in [0, 0.1) is 0 Å². The van der Waals surface area contributed by atoms with Gasteiger partial charge in [-0.15, -0.1) is 11.3 Å². The molecule has 0 saturated carbocycles. The Kier molecular flexibility index (Phi) is 4.68. The van der Waals surface area contributed by atoms with Crippen molar-refractivity contribution in [1.29, 1.82) is 0 Å². The molecule has 0 radical (unpaired) electrons. The zero-order valence-electron chi connectivity index (χ0n) is 12.7. The fourth-order valence-electron chi connectivity index (χ4n) is 2.83. The quantitative estimate of drug-likeness (QED) is 0.927. The van der Waals surface area contributed by atoms with Crippen molar-refractivity contribution in [3.8, 4) is 0 Å². The summed E-state index contributed by atoms with van der Waals surface area (Å²) in [4.78, 5) is 27.1. The van der Waals surface area contributed by atoms with Crippen LogP contribution in [0.25, 0.3) is 0 Å². The van der Waals surface area contributed by atoms with Crippen LogP contribution in [0.15, 0.2) is 36.4 Å². The number of carbonyl (C=O) groups is 2. The lowest BCUT2D eigenvalue weighted by Crippen LogP contribution is -2.51. The van der Waals surface area contributed by atoms with E-state index in [1.165, 1.54) is 18.3 Å². The molecule has 120 valence electrons. The third-order valence-corrected chi connectivity index (χ3v) is 5.25. The highest BCUT2D eigenvalue weighted by atomic mass is 35.5. The standard InChI is InChI=1S/C17H17ClN2O2S/c1-11(21)20-10-13-5-3-2-4-12(13)8-15(20)17(22)19-9-14-6-7-16(18)23-14/h2-7,15H,8-10H2,1H3,(H,19,22)/t15-/m0/s1. The predicted octanol–water partition coefficient (Wildman–Crippen LogP) is 2.99. The van der Waals surface area contributed by atoms with Gasteiger partial charge in [-0.3, -0.25) is 9.59 Å². The van der Waals surface area contributed by atoms with Crippen LogP contribution in [0.3, 0.4) is 0 Å². The van der Waals surface area contributed by atoms with E-state index in [0.717, 1.165) is 16.0 Å². The van der Waals surface area contributed by atoms with E-state index in [0.29, 0.717) is 23.8 Å². The molecule has 1 aromatic heterocycles. The van der Waals surface area contributed by atoms with Crippen LogP contribution in [0.5, 0.6) is 0 Å². The van der Waals surface area contributed by atoms with Gasteiger partial charge in [-0.05, 0) is 23.3 Å². The van der Waals surface area contributed by atoms with Crippen LogP contribution in [0.2, 0.25) is 4.34 Å². The Morgan fingerprint density at radius 3 is 2.65 bits per heavy atom. The van der Waals surface area contributed by atoms with Crippen LogP contribution in [-0.2, 0) is 29.1 Å². The van der Waals surface area contributed by atoms with Crippen molar-refractivity contribution in [2.45, 2.75) is 32.5 Å². The number of carbonyl (C=O) groups excluding carboxylic acids is 2. The Labute approximate surface area is 144 Å². The molecule has 0 fully saturated rings. The van der Waals surface area contributed by atoms with E-state index in [9.17, 15) is 9.59 Å². The van der Waals surface area contributed by atoms with E-state index in [2.05, 4.69) is 5.32 Å². The summed E-state index contributed by atoms with van der Waals surface area (Å²) >= 11 is 7.34. The van der Waals surface area contributed by atoms with Crippen LogP contribution in [0.4, 0.5) is 0 Å². The number of nitrogens with zero attached hydrogens (tertiary/aromatic N) is 1. The minimum atomic E-state index is -0.460. The molecular weight excluding hydrogens is 332 g/mol. The van der Waals surface area contributed by atoms with Crippen LogP contribution < -0.4 is 5.32 Å². The zero-order chi connectivity index (χ0) is 16.4. The zero-order valence-corrected chi connectivity index (χ0v) is 14.3. The molecule has 2 heterocycles. The largest absolute Gasteiger partial charge is 0.349 e. The lowest BCUT2D eigenvalue weighted by atomic mass is 9.93. The second-order valence-electron chi connectivity index (χ2n) is 5.56. The first kappa shape index (κ1) is 16.0. The van der Waals surface area contributed by atoms with Crippen molar-refractivity contribution >= 4 is 34.8 Å². The molecule has 4 nitrogen and oxygen atoms in total. The number of nitrogens with one attached hydrogen (secondary N) is 1. The van der Waals surface area contributed by atoms with Gasteiger partial charge in [0.1, 0.15) is 6.04 Å². The molecule has 2 amide bonds. The van der Waals surface area contributed by atoms with Gasteiger partial charge in [0.25, 0.3) is 0 Å². The molecule has 1 aliphatic rings. The normalized spacial score (nSPS) is 16.8. The monoisotopic (exact) mass is 348 g/mol. The Morgan fingerprint density at radius 1 is 1.26 bits per heavy atom. The second-order valence-corrected chi connectivity index (χ2v) is 7.36. The van der Waals surface area contributed by atoms with E-state index in [4.69, 9.17) is 11.6 Å². The van der Waals surface area contributed by atoms with Crippen molar-refractivity contribution < 1.29 is 9.59 Å². The van der Waals surface area contributed by atoms with Crippen molar-refractivity contribution in [1.82, 2.24) is 10.2 Å². The lowest BCUT2D eigenvalue weighted by molar-refractivity contribution is -0.140. The van der Waals surface area contributed by atoms with Gasteiger partial charge in [-0.2, -0.15) is 0 Å². The molecule has 23 heavy (non-hydrogen) atoms. The lowest BCUT2D eigenvalue weighted by Gasteiger charge is -2.35. The van der Waals surface area contributed by atoms with Crippen molar-refractivity contribution in [2.75, 3.05) is 0 Å². The molecular formula is C17H17ClN2O2S. The third-order valence-electron chi connectivity index (χ3n) is 4.02. The van der Waals surface area contributed by atoms with Gasteiger partial charge in [0.15, 0.2) is 0 Å². The molecule has 6 heteroatoms. The number of amides is 2. The minimum absolute atomic E-state index is 0.0844. The van der Waals surface area contributed by atoms with E-state index >= 15 is 0 Å². The Hall–Kier alpha value is -1.85. The van der Waals surface area contributed by atoms with Gasteiger partial charge in [0, 0.05) is 24.8 Å². The van der Waals surface area contributed by atoms with E-state index < -0.39 is 6.04 Å². The molecule has 0 bridgehead atoms. The summed E-state index contributed by atoms with van der Waals surface area (Å²) in [6.07, 6.45) is 0.548. The summed E-state index contributed by atoms with van der Waals surface area (Å²) in [5.74, 6) is -0.210. The highest BCUT2D eigenvalue weighted by Gasteiger charge is 2.32. The predicted molar refractivity (Wildman–Crippen MR) is 91.3 cm³/mol. The van der Waals surface area contributed by atoms with E-state index in [1.54, 1.807) is 4.90 Å². The number of hydrogen-bond acceptors (Lipinski definition) is 3. The highest BCUT2D eigenvalue weighted by molar-refractivity contribution is 7.16. The van der Waals surface area contributed by atoms with Gasteiger partial charge in [0.05, 0.1) is 10.9 Å². The third kappa shape index (κ3) is 3.57. The maximum Gasteiger partial charge on any atom is 0.243 e. The fraction of sp³-hybridized carbons (Fsp3) is 0.294. The van der Waals surface area contributed by atoms with Crippen molar-refractivity contribution in [3.05, 3.63) is 56.7 Å². The van der Waals surface area contributed by atoms with Gasteiger partial charge < -0.3 is 10.2 Å². The molecule has 1 atom stereocenters. The van der Waals surface area contributed by atoms with Crippen molar-refractivity contribution in [3.63, 3.8) is 0 Å². The summed E-state index contributed by atoms with van der Waals surface area (Å²) in [5, 5.41) is 2.92. The molecule has 2 aromatic rings. The maximum atomic E-state index is 12.6. The highest BCUT2D eigenvalue weighted by Crippen LogP contribution is 2.24. The molecule has 0 saturated heterocycles. The molecule has 3 rings (SSSR count). The topological polar surface area (TPSA) is 49.4 Å². The van der Waals surface area contributed by atoms with Crippen molar-refractivity contribution in [2.24, 2.45) is 0 Å².